The Labute approximate surface area is 448 Å². The summed E-state index contributed by atoms with van der Waals surface area (Å²) in [6, 6.07) is 104. The zero-order chi connectivity index (χ0) is 50.7. The molecule has 0 aromatic heterocycles. The molecule has 3 heteroatoms. The third kappa shape index (κ3) is 6.14. The van der Waals surface area contributed by atoms with Crippen molar-refractivity contribution < 1.29 is 9.47 Å². The summed E-state index contributed by atoms with van der Waals surface area (Å²) in [5.74, 6) is 3.54. The van der Waals surface area contributed by atoms with Gasteiger partial charge in [-0.2, -0.15) is 0 Å². The molecule has 2 spiro atoms. The molecule has 0 unspecified atom stereocenters. The lowest BCUT2D eigenvalue weighted by atomic mass is 9.66. The lowest BCUT2D eigenvalue weighted by molar-refractivity contribution is 0.436. The summed E-state index contributed by atoms with van der Waals surface area (Å²) in [5, 5.41) is 0. The predicted octanol–water partition coefficient (Wildman–Crippen LogP) is 19.1. The van der Waals surface area contributed by atoms with Gasteiger partial charge in [-0.1, -0.05) is 231 Å². The van der Waals surface area contributed by atoms with E-state index < -0.39 is 10.8 Å². The Morgan fingerprint density at radius 2 is 0.623 bits per heavy atom. The summed E-state index contributed by atoms with van der Waals surface area (Å²) in [4.78, 5) is 2.47. The molecule has 77 heavy (non-hydrogen) atoms. The van der Waals surface area contributed by atoms with E-state index in [9.17, 15) is 0 Å². The van der Waals surface area contributed by atoms with E-state index in [1.54, 1.807) is 0 Å². The molecule has 0 saturated heterocycles. The fraction of sp³-hybridized carbons (Fsp3) is 0.0270. The number of rotatable bonds is 6. The van der Waals surface area contributed by atoms with Gasteiger partial charge >= 0.3 is 0 Å². The first-order valence-corrected chi connectivity index (χ1v) is 26.6. The molecule has 0 fully saturated rings. The van der Waals surface area contributed by atoms with Gasteiger partial charge in [0.15, 0.2) is 0 Å². The summed E-state index contributed by atoms with van der Waals surface area (Å²) >= 11 is 0. The number of fused-ring (bicyclic) bond motifs is 18. The maximum absolute atomic E-state index is 6.75. The van der Waals surface area contributed by atoms with Crippen LogP contribution in [0.4, 0.5) is 17.1 Å². The van der Waals surface area contributed by atoms with Crippen molar-refractivity contribution in [3.05, 3.63) is 330 Å². The van der Waals surface area contributed by atoms with Gasteiger partial charge in [0, 0.05) is 39.2 Å². The van der Waals surface area contributed by atoms with Gasteiger partial charge in [0.25, 0.3) is 0 Å². The molecule has 0 N–H and O–H groups in total. The van der Waals surface area contributed by atoms with Crippen LogP contribution in [0.2, 0.25) is 0 Å². The summed E-state index contributed by atoms with van der Waals surface area (Å²) in [7, 11) is 0. The van der Waals surface area contributed by atoms with Crippen molar-refractivity contribution in [3.8, 4) is 78.6 Å². The van der Waals surface area contributed by atoms with Crippen LogP contribution in [-0.2, 0) is 10.8 Å². The van der Waals surface area contributed by atoms with Gasteiger partial charge in [-0.3, -0.25) is 0 Å². The van der Waals surface area contributed by atoms with Crippen LogP contribution in [0.25, 0.3) is 55.6 Å². The van der Waals surface area contributed by atoms with E-state index in [2.05, 4.69) is 290 Å². The van der Waals surface area contributed by atoms with Crippen LogP contribution in [0.3, 0.4) is 0 Å². The molecule has 0 saturated carbocycles. The molecule has 0 amide bonds. The highest BCUT2D eigenvalue weighted by atomic mass is 16.5. The summed E-state index contributed by atoms with van der Waals surface area (Å²) in [6.45, 7) is 0. The maximum Gasteiger partial charge on any atom is 0.132 e. The van der Waals surface area contributed by atoms with E-state index in [-0.39, 0.29) is 0 Å². The third-order valence-electron chi connectivity index (χ3n) is 16.8. The van der Waals surface area contributed by atoms with Crippen molar-refractivity contribution in [1.82, 2.24) is 0 Å². The van der Waals surface area contributed by atoms with Crippen LogP contribution >= 0.6 is 0 Å². The van der Waals surface area contributed by atoms with Crippen molar-refractivity contribution in [3.63, 3.8) is 0 Å². The Morgan fingerprint density at radius 3 is 1.23 bits per heavy atom. The van der Waals surface area contributed by atoms with Crippen LogP contribution in [0, 0.1) is 0 Å². The Bertz CT molecular complexity index is 4250. The van der Waals surface area contributed by atoms with Crippen LogP contribution in [0.5, 0.6) is 23.0 Å². The Hall–Kier alpha value is -9.96. The quantitative estimate of drug-likeness (QED) is 0.166. The molecule has 2 aliphatic heterocycles. The van der Waals surface area contributed by atoms with Crippen LogP contribution in [0.1, 0.15) is 44.5 Å². The lowest BCUT2D eigenvalue weighted by Crippen LogP contribution is -2.32. The second-order valence-electron chi connectivity index (χ2n) is 20.6. The molecule has 16 rings (SSSR count). The molecule has 360 valence electrons. The molecule has 0 radical (unpaired) electrons. The molecule has 2 aliphatic carbocycles. The minimum Gasteiger partial charge on any atom is -0.457 e. The standard InChI is InChI=1S/C74H47NO2/c1-2-19-48(20-3-1)49-37-39-50(40-38-49)54-21-6-13-32-67(54)75(53-45-46-57-56-22-4-7-25-59(56)74(66(57)47-53)63-29-11-16-35-70(63)77-71-36-17-12-30-64(71)74)52-43-41-51(42-44-52)55-24-18-31-65-72(55)58-23-5-8-26-60(58)73(65)61-27-9-14-33-68(61)76-69-34-15-10-28-62(69)73/h1-47H. The normalized spacial score (nSPS) is 13.9. The van der Waals surface area contributed by atoms with Gasteiger partial charge in [0.05, 0.1) is 16.5 Å². The van der Waals surface area contributed by atoms with Gasteiger partial charge in [-0.15, -0.1) is 0 Å². The molecule has 12 aromatic carbocycles. The van der Waals surface area contributed by atoms with E-state index in [4.69, 9.17) is 9.47 Å². The number of hydrogen-bond donors (Lipinski definition) is 0. The van der Waals surface area contributed by atoms with Crippen molar-refractivity contribution >= 4 is 17.1 Å². The van der Waals surface area contributed by atoms with Crippen molar-refractivity contribution in [2.75, 3.05) is 4.90 Å². The summed E-state index contributed by atoms with van der Waals surface area (Å²) < 4.78 is 13.4. The average Bonchev–Trinajstić information content (AvgIpc) is 3.98. The number of nitrogens with zero attached hydrogens (tertiary/aromatic N) is 1. The number of anilines is 3. The molecule has 12 aromatic rings. The SMILES string of the molecule is c1ccc(-c2ccc(-c3ccccc3N(c3ccc(-c4cccc5c4-c4ccccc4C54c5ccccc5Oc5ccccc54)cc3)c3ccc4c(c3)C3(c5ccccc5Oc5ccccc53)c3ccccc3-4)cc2)cc1. The average molecular weight is 982 g/mol. The van der Waals surface area contributed by atoms with Crippen LogP contribution < -0.4 is 14.4 Å². The van der Waals surface area contributed by atoms with Crippen molar-refractivity contribution in [2.45, 2.75) is 10.8 Å². The van der Waals surface area contributed by atoms with E-state index in [0.717, 1.165) is 79.0 Å². The largest absolute Gasteiger partial charge is 0.457 e. The first kappa shape index (κ1) is 43.4. The molecular formula is C74H47NO2. The second kappa shape index (κ2) is 16.8. The minimum absolute atomic E-state index is 0.552. The number of ether oxygens (including phenoxy) is 2. The zero-order valence-electron chi connectivity index (χ0n) is 41.9. The molecule has 0 atom stereocenters. The van der Waals surface area contributed by atoms with Gasteiger partial charge < -0.3 is 14.4 Å². The highest BCUT2D eigenvalue weighted by Crippen LogP contribution is 2.65. The molecule has 4 aliphatic rings. The Kier molecular flexibility index (Phi) is 9.47. The van der Waals surface area contributed by atoms with Crippen molar-refractivity contribution in [1.29, 1.82) is 0 Å². The highest BCUT2D eigenvalue weighted by Gasteiger charge is 2.53. The molecule has 2 heterocycles. The monoisotopic (exact) mass is 981 g/mol. The van der Waals surface area contributed by atoms with Crippen LogP contribution in [-0.4, -0.2) is 0 Å². The molecule has 3 nitrogen and oxygen atoms in total. The Balaban J connectivity index is 0.898. The van der Waals surface area contributed by atoms with Gasteiger partial charge in [0.2, 0.25) is 0 Å². The van der Waals surface area contributed by atoms with E-state index >= 15 is 0 Å². The van der Waals surface area contributed by atoms with Gasteiger partial charge in [-0.05, 0) is 127 Å². The second-order valence-corrected chi connectivity index (χ2v) is 20.6. The van der Waals surface area contributed by atoms with E-state index in [0.29, 0.717) is 0 Å². The molecular weight excluding hydrogens is 935 g/mol. The smallest absolute Gasteiger partial charge is 0.132 e. The predicted molar refractivity (Wildman–Crippen MR) is 312 cm³/mol. The first-order valence-electron chi connectivity index (χ1n) is 26.6. The summed E-state index contributed by atoms with van der Waals surface area (Å²) in [5.41, 5.74) is 23.6. The fourth-order valence-electron chi connectivity index (χ4n) is 13.7. The van der Waals surface area contributed by atoms with Gasteiger partial charge in [0.1, 0.15) is 23.0 Å². The van der Waals surface area contributed by atoms with Crippen LogP contribution in [0.15, 0.2) is 285 Å². The summed E-state index contributed by atoms with van der Waals surface area (Å²) in [6.07, 6.45) is 0. The highest BCUT2D eigenvalue weighted by molar-refractivity contribution is 5.98. The third-order valence-corrected chi connectivity index (χ3v) is 16.8. The molecule has 0 bridgehead atoms. The topological polar surface area (TPSA) is 21.7 Å². The number of para-hydroxylation sites is 5. The van der Waals surface area contributed by atoms with E-state index in [1.165, 1.54) is 61.2 Å². The number of benzene rings is 12. The minimum atomic E-state index is -0.623. The fourth-order valence-corrected chi connectivity index (χ4v) is 13.7. The maximum atomic E-state index is 6.75. The van der Waals surface area contributed by atoms with E-state index in [1.807, 2.05) is 0 Å². The zero-order valence-corrected chi connectivity index (χ0v) is 41.9. The Morgan fingerprint density at radius 1 is 0.234 bits per heavy atom. The van der Waals surface area contributed by atoms with Gasteiger partial charge in [-0.25, -0.2) is 0 Å². The lowest BCUT2D eigenvalue weighted by Gasteiger charge is -2.39. The van der Waals surface area contributed by atoms with Crippen molar-refractivity contribution in [2.24, 2.45) is 0 Å². The first-order chi connectivity index (χ1) is 38.2. The number of hydrogen-bond acceptors (Lipinski definition) is 3.